The quantitative estimate of drug-likeness (QED) is 0.534. The van der Waals surface area contributed by atoms with Crippen LogP contribution >= 0.6 is 0 Å². The number of hydrogen-bond acceptors (Lipinski definition) is 2. The Kier molecular flexibility index (Phi) is 6.80. The third-order valence-electron chi connectivity index (χ3n) is 3.11. The van der Waals surface area contributed by atoms with Gasteiger partial charge in [0.2, 0.25) is 0 Å². The van der Waals surface area contributed by atoms with Crippen LogP contribution in [0.5, 0.6) is 0 Å². The molecule has 0 unspecified atom stereocenters. The predicted octanol–water partition coefficient (Wildman–Crippen LogP) is 5.71. The molecule has 2 heterocycles. The average molecular weight is 282 g/mol. The minimum atomic E-state index is 0.972. The average Bonchev–Trinajstić information content (AvgIpc) is 2.56. The van der Waals surface area contributed by atoms with Crippen LogP contribution in [-0.2, 0) is 6.42 Å². The summed E-state index contributed by atoms with van der Waals surface area (Å²) in [7, 11) is 0. The summed E-state index contributed by atoms with van der Waals surface area (Å²) in [6.45, 7) is 12.1. The zero-order chi connectivity index (χ0) is 15.8. The number of hydrogen-bond donors (Lipinski definition) is 0. The Bertz CT molecular complexity index is 702. The minimum absolute atomic E-state index is 0.972. The van der Waals surface area contributed by atoms with E-state index in [0.717, 1.165) is 17.8 Å². The molecule has 0 N–H and O–H groups in total. The first-order chi connectivity index (χ1) is 10.3. The van der Waals surface area contributed by atoms with Crippen LogP contribution < -0.4 is 0 Å². The van der Waals surface area contributed by atoms with Gasteiger partial charge in [-0.3, -0.25) is 9.97 Å². The van der Waals surface area contributed by atoms with E-state index in [1.54, 1.807) is 0 Å². The van der Waals surface area contributed by atoms with Gasteiger partial charge >= 0.3 is 0 Å². The maximum Gasteiger partial charge on any atom is 0.0407 e. The van der Waals surface area contributed by atoms with Gasteiger partial charge in [-0.15, -0.1) is 0 Å². The van der Waals surface area contributed by atoms with Crippen LogP contribution in [0.25, 0.3) is 21.5 Å². The summed E-state index contributed by atoms with van der Waals surface area (Å²) in [6, 6.07) is 8.65. The second-order valence-electron chi connectivity index (χ2n) is 4.40. The van der Waals surface area contributed by atoms with Crippen molar-refractivity contribution in [3.8, 4) is 0 Å². The van der Waals surface area contributed by atoms with E-state index >= 15 is 0 Å². The standard InChI is InChI=1S/C15H14N2.2C2H6/c1-3-15-7-12-6-13-8-16-10(2)4-11(13)5-14(12)9-17-15;2*1-2/h4-9H,3H2,1-2H3;2*1-2H3. The maximum atomic E-state index is 4.44. The number of fused-ring (bicyclic) bond motifs is 2. The van der Waals surface area contributed by atoms with Crippen molar-refractivity contribution in [1.29, 1.82) is 0 Å². The molecule has 112 valence electrons. The summed E-state index contributed by atoms with van der Waals surface area (Å²) in [5.74, 6) is 0. The summed E-state index contributed by atoms with van der Waals surface area (Å²) in [4.78, 5) is 8.78. The molecule has 0 bridgehead atoms. The molecule has 3 aromatic rings. The molecular weight excluding hydrogens is 256 g/mol. The van der Waals surface area contributed by atoms with Crippen LogP contribution in [0.4, 0.5) is 0 Å². The lowest BCUT2D eigenvalue weighted by Crippen LogP contribution is -1.87. The van der Waals surface area contributed by atoms with Crippen molar-refractivity contribution in [2.75, 3.05) is 0 Å². The SMILES string of the molecule is CC.CC.CCc1cc2cc3cnc(C)cc3cc2cn1. The zero-order valence-corrected chi connectivity index (χ0v) is 14.1. The molecule has 0 aliphatic rings. The van der Waals surface area contributed by atoms with Crippen molar-refractivity contribution in [2.45, 2.75) is 48.0 Å². The lowest BCUT2D eigenvalue weighted by Gasteiger charge is -2.04. The smallest absolute Gasteiger partial charge is 0.0407 e. The number of rotatable bonds is 1. The fourth-order valence-electron chi connectivity index (χ4n) is 2.14. The van der Waals surface area contributed by atoms with Crippen LogP contribution in [0, 0.1) is 6.92 Å². The van der Waals surface area contributed by atoms with Crippen molar-refractivity contribution < 1.29 is 0 Å². The van der Waals surface area contributed by atoms with Crippen molar-refractivity contribution in [3.05, 3.63) is 48.0 Å². The lowest BCUT2D eigenvalue weighted by molar-refractivity contribution is 1.05. The Hall–Kier alpha value is -1.96. The van der Waals surface area contributed by atoms with Gasteiger partial charge in [-0.1, -0.05) is 34.6 Å². The van der Waals surface area contributed by atoms with Gasteiger partial charge in [-0.05, 0) is 48.4 Å². The fraction of sp³-hybridized carbons (Fsp3) is 0.368. The molecule has 0 aliphatic heterocycles. The van der Waals surface area contributed by atoms with Crippen molar-refractivity contribution in [1.82, 2.24) is 9.97 Å². The molecule has 2 heteroatoms. The molecule has 0 spiro atoms. The summed E-state index contributed by atoms with van der Waals surface area (Å²) in [5.41, 5.74) is 2.19. The number of benzene rings is 1. The number of aryl methyl sites for hydroxylation is 2. The molecule has 3 rings (SSSR count). The van der Waals surface area contributed by atoms with E-state index < -0.39 is 0 Å². The molecule has 0 atom stereocenters. The first kappa shape index (κ1) is 17.1. The van der Waals surface area contributed by atoms with E-state index in [1.165, 1.54) is 21.5 Å². The van der Waals surface area contributed by atoms with Crippen LogP contribution in [-0.4, -0.2) is 9.97 Å². The largest absolute Gasteiger partial charge is 0.261 e. The highest BCUT2D eigenvalue weighted by atomic mass is 14.7. The summed E-state index contributed by atoms with van der Waals surface area (Å²) >= 11 is 0. The molecule has 0 saturated carbocycles. The normalized spacial score (nSPS) is 9.62. The van der Waals surface area contributed by atoms with Crippen LogP contribution in [0.3, 0.4) is 0 Å². The lowest BCUT2D eigenvalue weighted by atomic mass is 10.1. The number of nitrogens with zero attached hydrogens (tertiary/aromatic N) is 2. The summed E-state index contributed by atoms with van der Waals surface area (Å²) < 4.78 is 0. The number of aromatic nitrogens is 2. The van der Waals surface area contributed by atoms with Crippen molar-refractivity contribution >= 4 is 21.5 Å². The van der Waals surface area contributed by atoms with E-state index in [-0.39, 0.29) is 0 Å². The third kappa shape index (κ3) is 4.01. The van der Waals surface area contributed by atoms with E-state index in [4.69, 9.17) is 0 Å². The van der Waals surface area contributed by atoms with Crippen LogP contribution in [0.2, 0.25) is 0 Å². The molecule has 21 heavy (non-hydrogen) atoms. The van der Waals surface area contributed by atoms with Gasteiger partial charge in [0.25, 0.3) is 0 Å². The van der Waals surface area contributed by atoms with Gasteiger partial charge in [-0.25, -0.2) is 0 Å². The van der Waals surface area contributed by atoms with E-state index in [1.807, 2.05) is 47.0 Å². The molecule has 0 amide bonds. The van der Waals surface area contributed by atoms with Crippen molar-refractivity contribution in [2.24, 2.45) is 0 Å². The molecule has 0 aliphatic carbocycles. The molecule has 2 aromatic heterocycles. The van der Waals surface area contributed by atoms with Gasteiger partial charge in [0.15, 0.2) is 0 Å². The van der Waals surface area contributed by atoms with Gasteiger partial charge < -0.3 is 0 Å². The molecule has 2 nitrogen and oxygen atoms in total. The monoisotopic (exact) mass is 282 g/mol. The summed E-state index contributed by atoms with van der Waals surface area (Å²) in [5, 5.41) is 4.86. The molecule has 0 fully saturated rings. The molecule has 1 aromatic carbocycles. The summed E-state index contributed by atoms with van der Waals surface area (Å²) in [6.07, 6.45) is 4.87. The highest BCUT2D eigenvalue weighted by Crippen LogP contribution is 2.22. The third-order valence-corrected chi connectivity index (χ3v) is 3.11. The molecule has 0 saturated heterocycles. The predicted molar refractivity (Wildman–Crippen MR) is 93.9 cm³/mol. The second-order valence-corrected chi connectivity index (χ2v) is 4.40. The Morgan fingerprint density at radius 3 is 1.81 bits per heavy atom. The first-order valence-corrected chi connectivity index (χ1v) is 7.91. The fourth-order valence-corrected chi connectivity index (χ4v) is 2.14. The van der Waals surface area contributed by atoms with Crippen LogP contribution in [0.1, 0.15) is 46.0 Å². The van der Waals surface area contributed by atoms with Gasteiger partial charge in [0.1, 0.15) is 0 Å². The topological polar surface area (TPSA) is 25.8 Å². The zero-order valence-electron chi connectivity index (χ0n) is 14.1. The molecule has 0 radical (unpaired) electrons. The minimum Gasteiger partial charge on any atom is -0.261 e. The Balaban J connectivity index is 0.000000510. The van der Waals surface area contributed by atoms with Gasteiger partial charge in [0.05, 0.1) is 0 Å². The van der Waals surface area contributed by atoms with Crippen molar-refractivity contribution in [3.63, 3.8) is 0 Å². The number of pyridine rings is 2. The van der Waals surface area contributed by atoms with Gasteiger partial charge in [0, 0.05) is 34.6 Å². The molecular formula is C19H26N2. The first-order valence-electron chi connectivity index (χ1n) is 7.91. The van der Waals surface area contributed by atoms with E-state index in [9.17, 15) is 0 Å². The highest BCUT2D eigenvalue weighted by molar-refractivity contribution is 5.97. The Morgan fingerprint density at radius 1 is 0.714 bits per heavy atom. The van der Waals surface area contributed by atoms with Crippen LogP contribution in [0.15, 0.2) is 36.7 Å². The second kappa shape index (κ2) is 8.35. The van der Waals surface area contributed by atoms with E-state index in [0.29, 0.717) is 0 Å². The maximum absolute atomic E-state index is 4.44. The van der Waals surface area contributed by atoms with Gasteiger partial charge in [-0.2, -0.15) is 0 Å². The Labute approximate surface area is 128 Å². The van der Waals surface area contributed by atoms with E-state index in [2.05, 4.69) is 41.2 Å². The highest BCUT2D eigenvalue weighted by Gasteiger charge is 2.00. The Morgan fingerprint density at radius 2 is 1.24 bits per heavy atom.